The molecule has 1 fully saturated rings. The lowest BCUT2D eigenvalue weighted by Crippen LogP contribution is -2.18. The highest BCUT2D eigenvalue weighted by Crippen LogP contribution is 2.17. The Morgan fingerprint density at radius 2 is 2.05 bits per heavy atom. The maximum atomic E-state index is 11.0. The van der Waals surface area contributed by atoms with Crippen molar-refractivity contribution >= 4 is 6.09 Å². The van der Waals surface area contributed by atoms with Gasteiger partial charge in [-0.2, -0.15) is 0 Å². The van der Waals surface area contributed by atoms with Crippen molar-refractivity contribution in [2.24, 2.45) is 0 Å². The predicted octanol–water partition coefficient (Wildman–Crippen LogP) is 1.66. The molecule has 2 aromatic rings. The summed E-state index contributed by atoms with van der Waals surface area (Å²) in [5.41, 5.74) is 2.51. The minimum atomic E-state index is -0.401. The Balaban J connectivity index is 1.82. The molecule has 1 atom stereocenters. The van der Waals surface area contributed by atoms with Crippen molar-refractivity contribution in [2.45, 2.75) is 6.04 Å². The summed E-state index contributed by atoms with van der Waals surface area (Å²) in [6.07, 6.45) is 6.40. The second kappa shape index (κ2) is 5.41. The summed E-state index contributed by atoms with van der Waals surface area (Å²) in [5.74, 6) is 6.05. The van der Waals surface area contributed by atoms with Crippen LogP contribution in [0.4, 0.5) is 4.79 Å². The van der Waals surface area contributed by atoms with Crippen molar-refractivity contribution in [3.63, 3.8) is 0 Å². The molecular formula is C15H11N3O2. The van der Waals surface area contributed by atoms with E-state index in [1.54, 1.807) is 24.8 Å². The molecule has 3 rings (SSSR count). The molecule has 1 amide bonds. The molecule has 3 heterocycles. The zero-order chi connectivity index (χ0) is 13.8. The first-order chi connectivity index (χ1) is 9.81. The fraction of sp³-hybridized carbons (Fsp3) is 0.133. The Morgan fingerprint density at radius 3 is 2.80 bits per heavy atom. The van der Waals surface area contributed by atoms with E-state index in [0.29, 0.717) is 6.61 Å². The normalized spacial score (nSPS) is 16.8. The number of pyridine rings is 2. The van der Waals surface area contributed by atoms with Crippen molar-refractivity contribution in [3.05, 3.63) is 59.7 Å². The number of nitrogens with one attached hydrogen (secondary N) is 1. The first-order valence-electron chi connectivity index (χ1n) is 6.11. The zero-order valence-corrected chi connectivity index (χ0v) is 10.5. The van der Waals surface area contributed by atoms with Gasteiger partial charge in [-0.25, -0.2) is 4.79 Å². The number of cyclic esters (lactones) is 1. The summed E-state index contributed by atoms with van der Waals surface area (Å²) < 4.78 is 4.87. The Kier molecular flexibility index (Phi) is 3.29. The van der Waals surface area contributed by atoms with Crippen LogP contribution in [0.2, 0.25) is 0 Å². The van der Waals surface area contributed by atoms with Gasteiger partial charge < -0.3 is 10.1 Å². The molecule has 1 aliphatic heterocycles. The smallest absolute Gasteiger partial charge is 0.407 e. The molecule has 0 spiro atoms. The average molecular weight is 265 g/mol. The van der Waals surface area contributed by atoms with E-state index < -0.39 is 6.09 Å². The molecular weight excluding hydrogens is 254 g/mol. The minimum Gasteiger partial charge on any atom is -0.447 e. The van der Waals surface area contributed by atoms with Crippen LogP contribution in [0.25, 0.3) is 0 Å². The molecule has 1 aliphatic rings. The monoisotopic (exact) mass is 265 g/mol. The first kappa shape index (κ1) is 12.2. The highest BCUT2D eigenvalue weighted by atomic mass is 16.6. The van der Waals surface area contributed by atoms with Crippen molar-refractivity contribution < 1.29 is 9.53 Å². The first-order valence-corrected chi connectivity index (χ1v) is 6.11. The molecule has 0 aromatic carbocycles. The third kappa shape index (κ3) is 2.75. The van der Waals surface area contributed by atoms with Crippen molar-refractivity contribution in [2.75, 3.05) is 6.61 Å². The van der Waals surface area contributed by atoms with E-state index in [9.17, 15) is 4.79 Å². The lowest BCUT2D eigenvalue weighted by Gasteiger charge is -2.06. The molecule has 0 bridgehead atoms. The van der Waals surface area contributed by atoms with Gasteiger partial charge in [-0.3, -0.25) is 9.97 Å². The second-order valence-electron chi connectivity index (χ2n) is 4.29. The fourth-order valence-electron chi connectivity index (χ4n) is 1.86. The molecule has 0 saturated carbocycles. The number of amides is 1. The van der Waals surface area contributed by atoms with E-state index in [1.165, 1.54) is 0 Å². The summed E-state index contributed by atoms with van der Waals surface area (Å²) >= 11 is 0. The van der Waals surface area contributed by atoms with Gasteiger partial charge in [0.2, 0.25) is 0 Å². The van der Waals surface area contributed by atoms with Gasteiger partial charge in [0.15, 0.2) is 0 Å². The molecule has 98 valence electrons. The van der Waals surface area contributed by atoms with Crippen molar-refractivity contribution in [1.29, 1.82) is 0 Å². The van der Waals surface area contributed by atoms with E-state index in [4.69, 9.17) is 4.74 Å². The molecule has 1 N–H and O–H groups in total. The molecule has 20 heavy (non-hydrogen) atoms. The van der Waals surface area contributed by atoms with Crippen LogP contribution < -0.4 is 5.32 Å². The van der Waals surface area contributed by atoms with E-state index >= 15 is 0 Å². The third-order valence-electron chi connectivity index (χ3n) is 2.85. The Labute approximate surface area is 116 Å². The van der Waals surface area contributed by atoms with Crippen LogP contribution in [-0.4, -0.2) is 22.7 Å². The van der Waals surface area contributed by atoms with Gasteiger partial charge in [0, 0.05) is 35.9 Å². The highest BCUT2D eigenvalue weighted by Gasteiger charge is 2.23. The number of alkyl carbamates (subject to hydrolysis) is 1. The average Bonchev–Trinajstić information content (AvgIpc) is 2.93. The number of carbonyl (C=O) groups excluding carboxylic acids is 1. The largest absolute Gasteiger partial charge is 0.447 e. The number of rotatable bonds is 1. The summed E-state index contributed by atoms with van der Waals surface area (Å²) in [6, 6.07) is 5.47. The molecule has 5 nitrogen and oxygen atoms in total. The Bertz CT molecular complexity index is 689. The van der Waals surface area contributed by atoms with E-state index in [0.717, 1.165) is 16.7 Å². The van der Waals surface area contributed by atoms with Crippen LogP contribution in [-0.2, 0) is 4.74 Å². The van der Waals surface area contributed by atoms with Gasteiger partial charge in [-0.1, -0.05) is 11.8 Å². The molecule has 0 unspecified atom stereocenters. The Hall–Kier alpha value is -2.87. The zero-order valence-electron chi connectivity index (χ0n) is 10.5. The van der Waals surface area contributed by atoms with Crippen molar-refractivity contribution in [1.82, 2.24) is 15.3 Å². The molecule has 2 aromatic heterocycles. The van der Waals surface area contributed by atoms with Crippen LogP contribution >= 0.6 is 0 Å². The predicted molar refractivity (Wildman–Crippen MR) is 71.7 cm³/mol. The number of hydrogen-bond acceptors (Lipinski definition) is 4. The lowest BCUT2D eigenvalue weighted by atomic mass is 10.1. The topological polar surface area (TPSA) is 64.1 Å². The maximum Gasteiger partial charge on any atom is 0.407 e. The van der Waals surface area contributed by atoms with Crippen LogP contribution in [0.3, 0.4) is 0 Å². The second-order valence-corrected chi connectivity index (χ2v) is 4.29. The number of ether oxygens (including phenoxy) is 1. The van der Waals surface area contributed by atoms with Gasteiger partial charge in [0.05, 0.1) is 6.04 Å². The number of nitrogens with zero attached hydrogens (tertiary/aromatic N) is 2. The summed E-state index contributed by atoms with van der Waals surface area (Å²) in [4.78, 5) is 19.2. The standard InChI is InChI=1S/C15H11N3O2/c19-15-18-14(10-20-15)13-6-12(8-17-9-13)4-3-11-2-1-5-16-7-11/h1-2,5-9,14H,10H2,(H,18,19)/t14-/m0/s1. The van der Waals surface area contributed by atoms with Crippen LogP contribution in [0, 0.1) is 11.8 Å². The fourth-order valence-corrected chi connectivity index (χ4v) is 1.86. The van der Waals surface area contributed by atoms with Gasteiger partial charge in [0.25, 0.3) is 0 Å². The third-order valence-corrected chi connectivity index (χ3v) is 2.85. The summed E-state index contributed by atoms with van der Waals surface area (Å²) in [5, 5.41) is 2.71. The van der Waals surface area contributed by atoms with E-state index in [2.05, 4.69) is 27.1 Å². The summed E-state index contributed by atoms with van der Waals surface area (Å²) in [6.45, 7) is 0.319. The molecule has 0 radical (unpaired) electrons. The molecule has 1 saturated heterocycles. The van der Waals surface area contributed by atoms with Gasteiger partial charge in [0.1, 0.15) is 6.61 Å². The number of aromatic nitrogens is 2. The van der Waals surface area contributed by atoms with Gasteiger partial charge in [-0.15, -0.1) is 0 Å². The number of carbonyl (C=O) groups is 1. The quantitative estimate of drug-likeness (QED) is 0.796. The van der Waals surface area contributed by atoms with Crippen LogP contribution in [0.15, 0.2) is 43.0 Å². The lowest BCUT2D eigenvalue weighted by molar-refractivity contribution is 0.177. The molecule has 0 aliphatic carbocycles. The van der Waals surface area contributed by atoms with Crippen molar-refractivity contribution in [3.8, 4) is 11.8 Å². The summed E-state index contributed by atoms with van der Waals surface area (Å²) in [7, 11) is 0. The van der Waals surface area contributed by atoms with Crippen LogP contribution in [0.1, 0.15) is 22.7 Å². The van der Waals surface area contributed by atoms with E-state index in [1.807, 2.05) is 18.2 Å². The Morgan fingerprint density at radius 1 is 1.20 bits per heavy atom. The maximum absolute atomic E-state index is 11.0. The SMILES string of the molecule is O=C1N[C@H](c2cncc(C#Cc3cccnc3)c2)CO1. The van der Waals surface area contributed by atoms with E-state index in [-0.39, 0.29) is 6.04 Å². The van der Waals surface area contributed by atoms with Gasteiger partial charge in [-0.05, 0) is 23.8 Å². The highest BCUT2D eigenvalue weighted by molar-refractivity contribution is 5.70. The van der Waals surface area contributed by atoms with Crippen LogP contribution in [0.5, 0.6) is 0 Å². The minimum absolute atomic E-state index is 0.157. The molecule has 5 heteroatoms. The van der Waals surface area contributed by atoms with Gasteiger partial charge >= 0.3 is 6.09 Å². The number of hydrogen-bond donors (Lipinski definition) is 1.